The maximum Gasteiger partial charge on any atom is 0.228 e. The van der Waals surface area contributed by atoms with E-state index in [1.165, 1.54) is 0 Å². The first-order valence-electron chi connectivity index (χ1n) is 9.49. The van der Waals surface area contributed by atoms with E-state index in [0.29, 0.717) is 27.2 Å². The number of rotatable bonds is 7. The molecule has 1 amide bonds. The number of hydrogen-bond acceptors (Lipinski definition) is 4. The van der Waals surface area contributed by atoms with Crippen LogP contribution >= 0.6 is 23.2 Å². The largest absolute Gasteiger partial charge is 0.493 e. The SMILES string of the molecule is COc1ccc(NC(=O)Cc2ccc(Cl)c(Cl)c2)cc1OCc1cn2ccccc2n1. The highest BCUT2D eigenvalue weighted by molar-refractivity contribution is 6.42. The van der Waals surface area contributed by atoms with Crippen LogP contribution in [-0.4, -0.2) is 22.4 Å². The number of ether oxygens (including phenoxy) is 2. The van der Waals surface area contributed by atoms with E-state index in [0.717, 1.165) is 16.9 Å². The third-order valence-electron chi connectivity index (χ3n) is 4.59. The number of fused-ring (bicyclic) bond motifs is 1. The average Bonchev–Trinajstić information content (AvgIpc) is 3.18. The molecule has 0 saturated carbocycles. The zero-order chi connectivity index (χ0) is 21.8. The van der Waals surface area contributed by atoms with Crippen molar-refractivity contribution in [2.24, 2.45) is 0 Å². The Morgan fingerprint density at radius 2 is 1.94 bits per heavy atom. The lowest BCUT2D eigenvalue weighted by molar-refractivity contribution is -0.115. The molecule has 2 heterocycles. The van der Waals surface area contributed by atoms with E-state index >= 15 is 0 Å². The zero-order valence-corrected chi connectivity index (χ0v) is 18.2. The molecule has 0 saturated heterocycles. The van der Waals surface area contributed by atoms with E-state index in [9.17, 15) is 4.79 Å². The summed E-state index contributed by atoms with van der Waals surface area (Å²) in [6, 6.07) is 16.1. The smallest absolute Gasteiger partial charge is 0.228 e. The number of imidazole rings is 1. The summed E-state index contributed by atoms with van der Waals surface area (Å²) in [6.45, 7) is 0.263. The van der Waals surface area contributed by atoms with Gasteiger partial charge < -0.3 is 19.2 Å². The van der Waals surface area contributed by atoms with Crippen molar-refractivity contribution in [3.63, 3.8) is 0 Å². The highest BCUT2D eigenvalue weighted by Gasteiger charge is 2.11. The number of nitrogens with one attached hydrogen (secondary N) is 1. The minimum absolute atomic E-state index is 0.167. The molecule has 8 heteroatoms. The van der Waals surface area contributed by atoms with Gasteiger partial charge in [-0.1, -0.05) is 35.3 Å². The Morgan fingerprint density at radius 1 is 1.06 bits per heavy atom. The Morgan fingerprint density at radius 3 is 2.71 bits per heavy atom. The summed E-state index contributed by atoms with van der Waals surface area (Å²) in [5.41, 5.74) is 2.98. The average molecular weight is 456 g/mol. The van der Waals surface area contributed by atoms with Crippen molar-refractivity contribution in [2.75, 3.05) is 12.4 Å². The zero-order valence-electron chi connectivity index (χ0n) is 16.6. The van der Waals surface area contributed by atoms with Gasteiger partial charge in [-0.05, 0) is 42.0 Å². The summed E-state index contributed by atoms with van der Waals surface area (Å²) in [5.74, 6) is 0.882. The van der Waals surface area contributed by atoms with Crippen molar-refractivity contribution in [3.05, 3.63) is 88.3 Å². The van der Waals surface area contributed by atoms with E-state index < -0.39 is 0 Å². The first-order chi connectivity index (χ1) is 15.0. The second-order valence-corrected chi connectivity index (χ2v) is 7.64. The molecule has 2 aromatic carbocycles. The molecule has 0 aliphatic carbocycles. The molecule has 6 nitrogen and oxygen atoms in total. The van der Waals surface area contributed by atoms with Gasteiger partial charge in [0.15, 0.2) is 11.5 Å². The van der Waals surface area contributed by atoms with E-state index in [1.807, 2.05) is 35.0 Å². The van der Waals surface area contributed by atoms with E-state index in [-0.39, 0.29) is 18.9 Å². The molecule has 0 aliphatic heterocycles. The van der Waals surface area contributed by atoms with Gasteiger partial charge in [-0.15, -0.1) is 0 Å². The molecule has 0 fully saturated rings. The predicted molar refractivity (Wildman–Crippen MR) is 121 cm³/mol. The van der Waals surface area contributed by atoms with Crippen molar-refractivity contribution >= 4 is 40.4 Å². The molecule has 2 aromatic heterocycles. The van der Waals surface area contributed by atoms with Gasteiger partial charge in [0.05, 0.1) is 29.3 Å². The quantitative estimate of drug-likeness (QED) is 0.404. The summed E-state index contributed by atoms with van der Waals surface area (Å²) in [4.78, 5) is 17.0. The Balaban J connectivity index is 1.44. The second-order valence-electron chi connectivity index (χ2n) is 6.83. The number of amides is 1. The number of carbonyl (C=O) groups excluding carboxylic acids is 1. The first-order valence-corrected chi connectivity index (χ1v) is 10.2. The van der Waals surface area contributed by atoms with Gasteiger partial charge in [0, 0.05) is 24.1 Å². The molecule has 1 N–H and O–H groups in total. The standard InChI is InChI=1S/C23H19Cl2N3O3/c1-30-20-8-6-16(27-23(29)11-15-5-7-18(24)19(25)10-15)12-21(20)31-14-17-13-28-9-3-2-4-22(28)26-17/h2-10,12-13H,11,14H2,1H3,(H,27,29). The van der Waals surface area contributed by atoms with Crippen molar-refractivity contribution in [3.8, 4) is 11.5 Å². The number of pyridine rings is 1. The van der Waals surface area contributed by atoms with Crippen LogP contribution in [0, 0.1) is 0 Å². The molecule has 0 radical (unpaired) electrons. The number of halogens is 2. The lowest BCUT2D eigenvalue weighted by Crippen LogP contribution is -2.14. The van der Waals surface area contributed by atoms with Gasteiger partial charge in [-0.2, -0.15) is 0 Å². The number of methoxy groups -OCH3 is 1. The lowest BCUT2D eigenvalue weighted by Gasteiger charge is -2.12. The van der Waals surface area contributed by atoms with Gasteiger partial charge in [0.1, 0.15) is 12.3 Å². The van der Waals surface area contributed by atoms with Crippen LogP contribution in [0.2, 0.25) is 10.0 Å². The molecule has 0 spiro atoms. The number of anilines is 1. The molecule has 0 aliphatic rings. The van der Waals surface area contributed by atoms with Crippen molar-refractivity contribution in [1.82, 2.24) is 9.38 Å². The summed E-state index contributed by atoms with van der Waals surface area (Å²) in [7, 11) is 1.57. The van der Waals surface area contributed by atoms with Crippen molar-refractivity contribution < 1.29 is 14.3 Å². The maximum absolute atomic E-state index is 12.5. The lowest BCUT2D eigenvalue weighted by atomic mass is 10.1. The summed E-state index contributed by atoms with van der Waals surface area (Å²) < 4.78 is 13.2. The fraction of sp³-hybridized carbons (Fsp3) is 0.130. The molecule has 4 aromatic rings. The summed E-state index contributed by atoms with van der Waals surface area (Å²) in [6.07, 6.45) is 4.00. The maximum atomic E-state index is 12.5. The van der Waals surface area contributed by atoms with Crippen LogP contribution in [0.5, 0.6) is 11.5 Å². The molecular weight excluding hydrogens is 437 g/mol. The van der Waals surface area contributed by atoms with Crippen molar-refractivity contribution in [2.45, 2.75) is 13.0 Å². The van der Waals surface area contributed by atoms with E-state index in [4.69, 9.17) is 32.7 Å². The first kappa shape index (κ1) is 21.0. The van der Waals surface area contributed by atoms with Crippen molar-refractivity contribution in [1.29, 1.82) is 0 Å². The highest BCUT2D eigenvalue weighted by Crippen LogP contribution is 2.31. The number of hydrogen-bond donors (Lipinski definition) is 1. The van der Waals surface area contributed by atoms with Crippen LogP contribution in [0.4, 0.5) is 5.69 Å². The monoisotopic (exact) mass is 455 g/mol. The van der Waals surface area contributed by atoms with Gasteiger partial charge in [-0.25, -0.2) is 4.98 Å². The number of carbonyl (C=O) groups is 1. The summed E-state index contributed by atoms with van der Waals surface area (Å²) in [5, 5.41) is 3.73. The number of benzene rings is 2. The van der Waals surface area contributed by atoms with Crippen LogP contribution in [0.1, 0.15) is 11.3 Å². The topological polar surface area (TPSA) is 64.9 Å². The molecular formula is C23H19Cl2N3O3. The molecule has 0 atom stereocenters. The highest BCUT2D eigenvalue weighted by atomic mass is 35.5. The van der Waals surface area contributed by atoms with Crippen LogP contribution in [-0.2, 0) is 17.8 Å². The van der Waals surface area contributed by atoms with Gasteiger partial charge in [-0.3, -0.25) is 4.79 Å². The third-order valence-corrected chi connectivity index (χ3v) is 5.32. The minimum atomic E-state index is -0.185. The number of aromatic nitrogens is 2. The Kier molecular flexibility index (Phi) is 6.30. The fourth-order valence-electron chi connectivity index (χ4n) is 3.12. The third kappa shape index (κ3) is 5.10. The second kappa shape index (κ2) is 9.29. The van der Waals surface area contributed by atoms with Crippen LogP contribution in [0.25, 0.3) is 5.65 Å². The van der Waals surface area contributed by atoms with E-state index in [2.05, 4.69) is 10.3 Å². The van der Waals surface area contributed by atoms with Gasteiger partial charge >= 0.3 is 0 Å². The molecule has 4 rings (SSSR count). The minimum Gasteiger partial charge on any atom is -0.493 e. The molecule has 0 unspecified atom stereocenters. The number of nitrogens with zero attached hydrogens (tertiary/aromatic N) is 2. The normalized spacial score (nSPS) is 10.8. The van der Waals surface area contributed by atoms with Crippen LogP contribution < -0.4 is 14.8 Å². The molecule has 158 valence electrons. The summed E-state index contributed by atoms with van der Waals surface area (Å²) >= 11 is 11.9. The fourth-order valence-corrected chi connectivity index (χ4v) is 3.44. The molecule has 0 bridgehead atoms. The Labute approximate surface area is 189 Å². The van der Waals surface area contributed by atoms with Gasteiger partial charge in [0.25, 0.3) is 0 Å². The van der Waals surface area contributed by atoms with Gasteiger partial charge in [0.2, 0.25) is 5.91 Å². The Bertz CT molecular complexity index is 1210. The molecule has 31 heavy (non-hydrogen) atoms. The van der Waals surface area contributed by atoms with Crippen LogP contribution in [0.15, 0.2) is 67.0 Å². The van der Waals surface area contributed by atoms with E-state index in [1.54, 1.807) is 43.5 Å². The Hall–Kier alpha value is -3.22. The predicted octanol–water partition coefficient (Wildman–Crippen LogP) is 5.41. The van der Waals surface area contributed by atoms with Crippen LogP contribution in [0.3, 0.4) is 0 Å².